The van der Waals surface area contributed by atoms with Crippen molar-refractivity contribution in [2.24, 2.45) is 12.0 Å². The number of nitrogens with one attached hydrogen (secondary N) is 3. The highest BCUT2D eigenvalue weighted by Crippen LogP contribution is 2.41. The number of halogens is 4. The standard InChI is InChI=1S/C41H34Cl4N8O4S/c1-5-33(57-34-15-10-21(2)16-22(34)3)40(55)48-29-8-6-7-9-35(29)58-37-38(50-53(41(37)56)36-27(44)18-24(42)19-28(36)45)47-30-20-25(12-13-26(30)43)46-39(54)23-11-14-32-31(17-23)49-51-52(32)4/h6-20,33,37H,5H2,1-4H3,(H,46,54)(H,47,50)(H,48,55). The molecule has 5 aromatic carbocycles. The minimum atomic E-state index is -1.03. The summed E-state index contributed by atoms with van der Waals surface area (Å²) in [5.74, 6) is -0.437. The second kappa shape index (κ2) is 17.3. The summed E-state index contributed by atoms with van der Waals surface area (Å²) in [6.45, 7) is 5.79. The van der Waals surface area contributed by atoms with Crippen molar-refractivity contribution in [3.63, 3.8) is 0 Å². The highest BCUT2D eigenvalue weighted by Gasteiger charge is 2.41. The van der Waals surface area contributed by atoms with Crippen LogP contribution in [0.2, 0.25) is 20.1 Å². The molecule has 0 saturated carbocycles. The Morgan fingerprint density at radius 3 is 2.43 bits per heavy atom. The summed E-state index contributed by atoms with van der Waals surface area (Å²) in [6, 6.07) is 25.7. The van der Waals surface area contributed by atoms with Crippen LogP contribution in [0.3, 0.4) is 0 Å². The van der Waals surface area contributed by atoms with Crippen LogP contribution in [0, 0.1) is 13.8 Å². The summed E-state index contributed by atoms with van der Waals surface area (Å²) in [4.78, 5) is 46.8. The predicted octanol–water partition coefficient (Wildman–Crippen LogP) is 9.99. The van der Waals surface area contributed by atoms with Crippen LogP contribution >= 0.6 is 58.2 Å². The van der Waals surface area contributed by atoms with Crippen LogP contribution < -0.4 is 25.8 Å². The third-order valence-corrected chi connectivity index (χ3v) is 11.5. The molecule has 2 atom stereocenters. The Bertz CT molecular complexity index is 2610. The number of carbonyl (C=O) groups is 3. The molecule has 2 unspecified atom stereocenters. The smallest absolute Gasteiger partial charge is 0.267 e. The lowest BCUT2D eigenvalue weighted by Crippen LogP contribution is -2.36. The topological polar surface area (TPSA) is 143 Å². The largest absolute Gasteiger partial charge is 0.480 e. The van der Waals surface area contributed by atoms with Gasteiger partial charge in [0.1, 0.15) is 28.0 Å². The molecule has 1 aromatic heterocycles. The highest BCUT2D eigenvalue weighted by molar-refractivity contribution is 8.01. The van der Waals surface area contributed by atoms with Gasteiger partial charge in [-0.1, -0.05) is 88.4 Å². The van der Waals surface area contributed by atoms with Gasteiger partial charge in [-0.25, -0.2) is 14.7 Å². The second-order valence-electron chi connectivity index (χ2n) is 13.3. The van der Waals surface area contributed by atoms with Crippen LogP contribution in [0.4, 0.5) is 22.7 Å². The Morgan fingerprint density at radius 2 is 1.69 bits per heavy atom. The Balaban J connectivity index is 1.19. The maximum absolute atomic E-state index is 14.4. The number of carbonyl (C=O) groups excluding carboxylic acids is 3. The third kappa shape index (κ3) is 8.74. The van der Waals surface area contributed by atoms with Gasteiger partial charge in [-0.2, -0.15) is 0 Å². The molecule has 0 bridgehead atoms. The van der Waals surface area contributed by atoms with Gasteiger partial charge >= 0.3 is 0 Å². The number of aryl methyl sites for hydroxylation is 3. The van der Waals surface area contributed by atoms with Crippen molar-refractivity contribution in [3.05, 3.63) is 128 Å². The van der Waals surface area contributed by atoms with Crippen molar-refractivity contribution in [1.29, 1.82) is 0 Å². The number of ether oxygens (including phenoxy) is 1. The van der Waals surface area contributed by atoms with E-state index in [1.54, 1.807) is 72.4 Å². The monoisotopic (exact) mass is 874 g/mol. The summed E-state index contributed by atoms with van der Waals surface area (Å²) in [5, 5.41) is 14.9. The number of amidine groups is 1. The van der Waals surface area contributed by atoms with E-state index in [-0.39, 0.29) is 43.2 Å². The van der Waals surface area contributed by atoms with Crippen molar-refractivity contribution in [2.45, 2.75) is 43.4 Å². The zero-order valence-corrected chi connectivity index (χ0v) is 35.2. The van der Waals surface area contributed by atoms with Gasteiger partial charge in [0.05, 0.1) is 32.0 Å². The van der Waals surface area contributed by atoms with Gasteiger partial charge in [0.2, 0.25) is 0 Å². The van der Waals surface area contributed by atoms with E-state index in [0.29, 0.717) is 39.5 Å². The first-order chi connectivity index (χ1) is 27.8. The Morgan fingerprint density at radius 1 is 0.931 bits per heavy atom. The third-order valence-electron chi connectivity index (χ3n) is 9.10. The molecule has 12 nitrogen and oxygen atoms in total. The molecule has 3 N–H and O–H groups in total. The van der Waals surface area contributed by atoms with Gasteiger partial charge < -0.3 is 15.4 Å². The minimum absolute atomic E-state index is 0.118. The van der Waals surface area contributed by atoms with E-state index in [9.17, 15) is 14.4 Å². The number of rotatable bonds is 11. The van der Waals surface area contributed by atoms with E-state index in [0.717, 1.165) is 28.4 Å². The lowest BCUT2D eigenvalue weighted by Gasteiger charge is -2.20. The lowest BCUT2D eigenvalue weighted by molar-refractivity contribution is -0.122. The zero-order chi connectivity index (χ0) is 41.2. The molecule has 1 aliphatic heterocycles. The summed E-state index contributed by atoms with van der Waals surface area (Å²) < 4.78 is 7.77. The van der Waals surface area contributed by atoms with Crippen molar-refractivity contribution in [3.8, 4) is 5.75 Å². The van der Waals surface area contributed by atoms with Crippen molar-refractivity contribution < 1.29 is 19.1 Å². The zero-order valence-electron chi connectivity index (χ0n) is 31.3. The van der Waals surface area contributed by atoms with Crippen LogP contribution in [-0.4, -0.2) is 49.9 Å². The molecule has 58 heavy (non-hydrogen) atoms. The molecule has 1 saturated heterocycles. The summed E-state index contributed by atoms with van der Waals surface area (Å²) >= 11 is 27.2. The number of thioether (sulfide) groups is 1. The molecule has 0 spiro atoms. The molecule has 6 aromatic rings. The number of aromatic nitrogens is 3. The molecule has 2 heterocycles. The Labute approximate surface area is 357 Å². The van der Waals surface area contributed by atoms with Crippen LogP contribution in [0.15, 0.2) is 101 Å². The fraction of sp³-hybridized carbons (Fsp3) is 0.171. The number of hydrogen-bond donors (Lipinski definition) is 3. The molecule has 17 heteroatoms. The number of anilines is 3. The number of nitrogens with zero attached hydrogens (tertiary/aromatic N) is 5. The van der Waals surface area contributed by atoms with Gasteiger partial charge in [-0.3, -0.25) is 19.8 Å². The van der Waals surface area contributed by atoms with Crippen molar-refractivity contribution >= 4 is 116 Å². The molecular weight excluding hydrogens is 842 g/mol. The summed E-state index contributed by atoms with van der Waals surface area (Å²) in [5.41, 5.74) is 8.04. The van der Waals surface area contributed by atoms with E-state index in [4.69, 9.17) is 56.1 Å². The maximum Gasteiger partial charge on any atom is 0.267 e. The second-order valence-corrected chi connectivity index (χ2v) is 16.1. The van der Waals surface area contributed by atoms with Gasteiger partial charge in [-0.05, 0) is 92.6 Å². The van der Waals surface area contributed by atoms with Crippen LogP contribution in [0.1, 0.15) is 34.8 Å². The van der Waals surface area contributed by atoms with Gasteiger partial charge in [0.15, 0.2) is 6.10 Å². The van der Waals surface area contributed by atoms with E-state index < -0.39 is 23.2 Å². The fourth-order valence-electron chi connectivity index (χ4n) is 6.18. The first-order valence-corrected chi connectivity index (χ1v) is 20.2. The quantitative estimate of drug-likeness (QED) is 0.117. The van der Waals surface area contributed by atoms with Crippen LogP contribution in [0.25, 0.3) is 11.0 Å². The Kier molecular flexibility index (Phi) is 12.2. The molecule has 0 aliphatic carbocycles. The van der Waals surface area contributed by atoms with Gasteiger partial charge in [0, 0.05) is 28.2 Å². The summed E-state index contributed by atoms with van der Waals surface area (Å²) in [6.07, 6.45) is -0.383. The first-order valence-electron chi connectivity index (χ1n) is 17.8. The van der Waals surface area contributed by atoms with Crippen molar-refractivity contribution in [1.82, 2.24) is 20.4 Å². The van der Waals surface area contributed by atoms with Gasteiger partial charge in [-0.15, -0.1) is 16.9 Å². The molecule has 7 rings (SSSR count). The number of amides is 3. The lowest BCUT2D eigenvalue weighted by atomic mass is 10.1. The van der Waals surface area contributed by atoms with Crippen LogP contribution in [0.5, 0.6) is 5.75 Å². The minimum Gasteiger partial charge on any atom is -0.480 e. The number of benzene rings is 5. The average Bonchev–Trinajstić information content (AvgIpc) is 3.70. The normalized spacial score (nSPS) is 15.1. The van der Waals surface area contributed by atoms with Gasteiger partial charge in [0.25, 0.3) is 17.7 Å². The average molecular weight is 877 g/mol. The van der Waals surface area contributed by atoms with E-state index in [1.165, 1.54) is 17.1 Å². The molecule has 3 amide bonds. The molecular formula is C41H34Cl4N8O4S. The predicted molar refractivity (Wildman–Crippen MR) is 232 cm³/mol. The number of fused-ring (bicyclic) bond motifs is 1. The van der Waals surface area contributed by atoms with Crippen molar-refractivity contribution in [2.75, 3.05) is 15.6 Å². The number of hydrazine groups is 1. The van der Waals surface area contributed by atoms with E-state index >= 15 is 0 Å². The molecule has 296 valence electrons. The molecule has 0 radical (unpaired) electrons. The summed E-state index contributed by atoms with van der Waals surface area (Å²) in [7, 11) is 1.77. The highest BCUT2D eigenvalue weighted by atomic mass is 35.5. The van der Waals surface area contributed by atoms with E-state index in [1.807, 2.05) is 39.0 Å². The number of aliphatic imine (C=N–C) groups is 1. The maximum atomic E-state index is 14.4. The first kappa shape index (κ1) is 40.9. The SMILES string of the molecule is CCC(Oc1ccc(C)cc1C)C(=O)Nc1ccccc1SC1C(=O)N(c2c(Cl)cc(Cl)cc2Cl)NC1=Nc1cc(NC(=O)c2ccc3c(c2)nnn3C)ccc1Cl. The van der Waals surface area contributed by atoms with Crippen LogP contribution in [-0.2, 0) is 16.6 Å². The fourth-order valence-corrected chi connectivity index (χ4v) is 8.40. The van der Waals surface area contributed by atoms with E-state index in [2.05, 4.69) is 26.4 Å². The molecule has 1 fully saturated rings. The number of hydrogen-bond acceptors (Lipinski definition) is 8. The molecule has 1 aliphatic rings. The Hall–Kier alpha value is -5.31. The number of para-hydroxylation sites is 1.